The Kier molecular flexibility index (Phi) is 11.6. The molecule has 2 aromatic carbocycles. The fraction of sp³-hybridized carbons (Fsp3) is 0.160. The van der Waals surface area contributed by atoms with E-state index in [2.05, 4.69) is 37.1 Å². The number of ether oxygens (including phenoxy) is 2. The third-order valence-electron chi connectivity index (χ3n) is 5.10. The van der Waals surface area contributed by atoms with Gasteiger partial charge in [-0.25, -0.2) is 14.2 Å². The van der Waals surface area contributed by atoms with Crippen molar-refractivity contribution in [3.63, 3.8) is 0 Å². The number of nitrogens with one attached hydrogen (secondary N) is 4. The van der Waals surface area contributed by atoms with Gasteiger partial charge in [0, 0.05) is 33.6 Å². The van der Waals surface area contributed by atoms with Crippen LogP contribution in [0.1, 0.15) is 27.7 Å². The van der Waals surface area contributed by atoms with E-state index in [1.54, 1.807) is 36.4 Å². The number of anilines is 1. The van der Waals surface area contributed by atoms with Crippen molar-refractivity contribution in [2.75, 3.05) is 19.5 Å². The third kappa shape index (κ3) is 9.05. The number of nitrogens with zero attached hydrogens (tertiary/aromatic N) is 1. The van der Waals surface area contributed by atoms with Gasteiger partial charge in [-0.2, -0.15) is 13.2 Å². The maximum Gasteiger partial charge on any atom is 0.490 e. The summed E-state index contributed by atoms with van der Waals surface area (Å²) in [4.78, 5) is 38.5. The molecule has 3 aromatic rings. The molecule has 1 aromatic heterocycles. The minimum absolute atomic E-state index is 0.0504. The third-order valence-corrected chi connectivity index (χ3v) is 5.74. The molecule has 1 atom stereocenters. The molecule has 0 aliphatic heterocycles. The van der Waals surface area contributed by atoms with Crippen molar-refractivity contribution in [3.8, 4) is 11.5 Å². The van der Waals surface area contributed by atoms with Crippen LogP contribution in [0.2, 0.25) is 0 Å². The Labute approximate surface area is 243 Å². The van der Waals surface area contributed by atoms with Gasteiger partial charge in [-0.05, 0) is 58.4 Å². The number of carbonyl (C=O) groups excluding carboxylic acids is 2. The lowest BCUT2D eigenvalue weighted by Crippen LogP contribution is -2.46. The maximum absolute atomic E-state index is 15.0. The number of alkyl halides is 3. The highest BCUT2D eigenvalue weighted by Crippen LogP contribution is 2.34. The summed E-state index contributed by atoms with van der Waals surface area (Å²) in [6.07, 6.45) is -3.66. The molecular weight excluding hydrogens is 636 g/mol. The van der Waals surface area contributed by atoms with Crippen LogP contribution in [0.25, 0.3) is 0 Å². The summed E-state index contributed by atoms with van der Waals surface area (Å²) in [5, 5.41) is 17.6. The van der Waals surface area contributed by atoms with Gasteiger partial charge < -0.3 is 25.6 Å². The topological polar surface area (TPSA) is 189 Å². The zero-order valence-corrected chi connectivity index (χ0v) is 23.3. The Balaban J connectivity index is 0.000000782. The van der Waals surface area contributed by atoms with Gasteiger partial charge in [0.25, 0.3) is 11.8 Å². The first kappa shape index (κ1) is 33.3. The summed E-state index contributed by atoms with van der Waals surface area (Å²) in [7, 11) is 2.74. The maximum atomic E-state index is 15.0. The molecule has 0 spiro atoms. The smallest absolute Gasteiger partial charge is 0.490 e. The molecular formula is C25H23BrF4N6O6. The zero-order chi connectivity index (χ0) is 31.6. The average Bonchev–Trinajstić information content (AvgIpc) is 2.94. The highest BCUT2D eigenvalue weighted by atomic mass is 79.9. The predicted molar refractivity (Wildman–Crippen MR) is 145 cm³/mol. The van der Waals surface area contributed by atoms with Crippen molar-refractivity contribution in [2.24, 2.45) is 5.73 Å². The first-order chi connectivity index (χ1) is 19.7. The van der Waals surface area contributed by atoms with Crippen molar-refractivity contribution < 1.29 is 46.5 Å². The van der Waals surface area contributed by atoms with Gasteiger partial charge in [-0.15, -0.1) is 0 Å². The highest BCUT2D eigenvalue weighted by molar-refractivity contribution is 9.10. The van der Waals surface area contributed by atoms with Crippen LogP contribution < -0.4 is 31.4 Å². The SMILES string of the molecule is COc1cc(F)c(C(Nc2ccc(C(=N)N)cc2)C(=O)NNC(=O)c2ncccc2Br)cc1OC.O=C(O)C(F)(F)F. The van der Waals surface area contributed by atoms with E-state index in [4.69, 9.17) is 30.5 Å². The fourth-order valence-corrected chi connectivity index (χ4v) is 3.53. The standard InChI is InChI=1S/C23H22BrFN6O4.C2HF3O2/c1-34-17-10-14(16(25)11-18(17)35-2)19(29-13-7-5-12(6-8-13)21(26)27)22(32)30-31-23(33)20-15(24)4-3-9-28-20;3-2(4,5)1(6)7/h3-11,19,29H,1-2H3,(H3,26,27)(H,30,32)(H,31,33);(H,6,7). The second-order valence-corrected chi connectivity index (χ2v) is 8.73. The molecule has 3 rings (SSSR count). The second-order valence-electron chi connectivity index (χ2n) is 7.88. The quantitative estimate of drug-likeness (QED) is 0.0910. The molecule has 17 heteroatoms. The molecule has 224 valence electrons. The van der Waals surface area contributed by atoms with E-state index in [1.807, 2.05) is 0 Å². The lowest BCUT2D eigenvalue weighted by atomic mass is 10.0. The van der Waals surface area contributed by atoms with Crippen molar-refractivity contribution in [1.82, 2.24) is 15.8 Å². The van der Waals surface area contributed by atoms with Gasteiger partial charge in [0.1, 0.15) is 23.4 Å². The van der Waals surface area contributed by atoms with Gasteiger partial charge in [0.2, 0.25) is 0 Å². The van der Waals surface area contributed by atoms with Gasteiger partial charge in [0.05, 0.1) is 14.2 Å². The van der Waals surface area contributed by atoms with Gasteiger partial charge in [-0.3, -0.25) is 25.8 Å². The Bertz CT molecular complexity index is 1460. The number of nitrogens with two attached hydrogens (primary N) is 1. The van der Waals surface area contributed by atoms with Crippen LogP contribution >= 0.6 is 15.9 Å². The van der Waals surface area contributed by atoms with E-state index < -0.39 is 35.8 Å². The molecule has 2 amide bonds. The largest absolute Gasteiger partial charge is 0.493 e. The Morgan fingerprint density at radius 1 is 1.05 bits per heavy atom. The summed E-state index contributed by atoms with van der Waals surface area (Å²) >= 11 is 3.22. The van der Waals surface area contributed by atoms with E-state index in [0.29, 0.717) is 15.7 Å². The number of hydrazine groups is 1. The number of hydrogen-bond donors (Lipinski definition) is 6. The van der Waals surface area contributed by atoms with Gasteiger partial charge in [-0.1, -0.05) is 0 Å². The second kappa shape index (κ2) is 14.6. The number of nitrogen functional groups attached to an aromatic ring is 1. The molecule has 0 bridgehead atoms. The van der Waals surface area contributed by atoms with E-state index in [-0.39, 0.29) is 28.6 Å². The number of amidine groups is 1. The number of carboxylic acid groups (broad SMARTS) is 1. The summed E-state index contributed by atoms with van der Waals surface area (Å²) in [5.74, 6) is -4.72. The fourth-order valence-electron chi connectivity index (χ4n) is 3.09. The summed E-state index contributed by atoms with van der Waals surface area (Å²) in [6, 6.07) is 10.7. The highest BCUT2D eigenvalue weighted by Gasteiger charge is 2.38. The molecule has 12 nitrogen and oxygen atoms in total. The van der Waals surface area contributed by atoms with Crippen LogP contribution in [0.5, 0.6) is 11.5 Å². The molecule has 0 aliphatic rings. The molecule has 42 heavy (non-hydrogen) atoms. The van der Waals surface area contributed by atoms with Crippen LogP contribution in [-0.4, -0.2) is 54.1 Å². The summed E-state index contributed by atoms with van der Waals surface area (Å²) in [5.41, 5.74) is 10.9. The number of benzene rings is 2. The summed E-state index contributed by atoms with van der Waals surface area (Å²) in [6.45, 7) is 0. The lowest BCUT2D eigenvalue weighted by Gasteiger charge is -2.22. The zero-order valence-electron chi connectivity index (χ0n) is 21.7. The minimum atomic E-state index is -5.08. The van der Waals surface area contributed by atoms with Crippen LogP contribution in [0, 0.1) is 11.2 Å². The van der Waals surface area contributed by atoms with Gasteiger partial charge >= 0.3 is 12.1 Å². The number of hydrogen-bond acceptors (Lipinski definition) is 8. The number of aliphatic carboxylic acids is 1. The van der Waals surface area contributed by atoms with E-state index >= 15 is 4.39 Å². The lowest BCUT2D eigenvalue weighted by molar-refractivity contribution is -0.192. The Morgan fingerprint density at radius 3 is 2.12 bits per heavy atom. The first-order valence-electron chi connectivity index (χ1n) is 11.3. The van der Waals surface area contributed by atoms with Crippen LogP contribution in [0.3, 0.4) is 0 Å². The Hall–Kier alpha value is -4.93. The number of methoxy groups -OCH3 is 2. The molecule has 1 heterocycles. The molecule has 0 aliphatic carbocycles. The molecule has 0 saturated carbocycles. The van der Waals surface area contributed by atoms with Crippen LogP contribution in [0.4, 0.5) is 23.2 Å². The molecule has 0 saturated heterocycles. The molecule has 1 unspecified atom stereocenters. The van der Waals surface area contributed by atoms with Crippen LogP contribution in [-0.2, 0) is 9.59 Å². The number of amides is 2. The van der Waals surface area contributed by atoms with Gasteiger partial charge in [0.15, 0.2) is 11.5 Å². The van der Waals surface area contributed by atoms with Crippen LogP contribution in [0.15, 0.2) is 59.2 Å². The van der Waals surface area contributed by atoms with E-state index in [9.17, 15) is 22.8 Å². The van der Waals surface area contributed by atoms with E-state index in [1.165, 1.54) is 26.5 Å². The number of carbonyl (C=O) groups is 3. The molecule has 7 N–H and O–H groups in total. The monoisotopic (exact) mass is 658 g/mol. The Morgan fingerprint density at radius 2 is 1.62 bits per heavy atom. The number of rotatable bonds is 8. The minimum Gasteiger partial charge on any atom is -0.493 e. The van der Waals surface area contributed by atoms with Crippen molar-refractivity contribution >= 4 is 45.2 Å². The molecule has 0 radical (unpaired) electrons. The number of carboxylic acids is 1. The average molecular weight is 659 g/mol. The molecule has 0 fully saturated rings. The van der Waals surface area contributed by atoms with Crippen molar-refractivity contribution in [2.45, 2.75) is 12.2 Å². The number of halogens is 5. The van der Waals surface area contributed by atoms with E-state index in [0.717, 1.165) is 6.07 Å². The first-order valence-corrected chi connectivity index (χ1v) is 12.1. The summed E-state index contributed by atoms with van der Waals surface area (Å²) < 4.78 is 57.6. The van der Waals surface area contributed by atoms with Crippen molar-refractivity contribution in [3.05, 3.63) is 81.8 Å². The predicted octanol–water partition coefficient (Wildman–Crippen LogP) is 3.53. The number of pyridine rings is 1. The van der Waals surface area contributed by atoms with Crippen molar-refractivity contribution in [1.29, 1.82) is 5.41 Å². The normalized spacial score (nSPS) is 11.2. The number of aromatic nitrogens is 1.